The molecule has 0 aliphatic heterocycles. The van der Waals surface area contributed by atoms with Gasteiger partial charge in [-0.25, -0.2) is 4.98 Å². The molecular formula is C28H23N3O2. The molecule has 5 aromatic rings. The third kappa shape index (κ3) is 4.39. The molecule has 0 unspecified atom stereocenters. The summed E-state index contributed by atoms with van der Waals surface area (Å²) < 4.78 is 8.30. The molecule has 5 rings (SSSR count). The summed E-state index contributed by atoms with van der Waals surface area (Å²) in [6.07, 6.45) is 5.82. The van der Waals surface area contributed by atoms with Crippen molar-refractivity contribution in [3.05, 3.63) is 108 Å². The molecule has 3 aromatic heterocycles. The Labute approximate surface area is 192 Å². The van der Waals surface area contributed by atoms with Gasteiger partial charge in [0, 0.05) is 49.3 Å². The number of hydrogen-bond donors (Lipinski definition) is 0. The van der Waals surface area contributed by atoms with Crippen LogP contribution in [0, 0.1) is 6.92 Å². The number of Topliss-reactive ketones (excluding diaryl/α,β-unsaturated/α-hetero) is 1. The highest BCUT2D eigenvalue weighted by atomic mass is 16.5. The van der Waals surface area contributed by atoms with E-state index in [1.54, 1.807) is 12.4 Å². The minimum atomic E-state index is 0.0871. The Morgan fingerprint density at radius 3 is 2.70 bits per heavy atom. The van der Waals surface area contributed by atoms with Crippen LogP contribution in [0.1, 0.15) is 21.5 Å². The molecule has 2 aromatic carbocycles. The summed E-state index contributed by atoms with van der Waals surface area (Å²) in [5.74, 6) is 1.48. The van der Waals surface area contributed by atoms with E-state index in [1.807, 2.05) is 97.5 Å². The van der Waals surface area contributed by atoms with Gasteiger partial charge in [0.15, 0.2) is 5.78 Å². The lowest BCUT2D eigenvalue weighted by molar-refractivity contribution is 0.0993. The molecule has 162 valence electrons. The highest BCUT2D eigenvalue weighted by molar-refractivity contribution is 5.97. The maximum atomic E-state index is 12.8. The van der Waals surface area contributed by atoms with Gasteiger partial charge in [-0.3, -0.25) is 9.78 Å². The molecule has 0 saturated carbocycles. The SMILES string of the molecule is Cc1cccc(C(=O)Cc2cccc(Oc3cc(-c4cccnc4)nc4c3ccn4C)c2)c1. The molecule has 5 heteroatoms. The van der Waals surface area contributed by atoms with Gasteiger partial charge in [-0.15, -0.1) is 0 Å². The van der Waals surface area contributed by atoms with Crippen LogP contribution >= 0.6 is 0 Å². The number of pyridine rings is 2. The second-order valence-corrected chi connectivity index (χ2v) is 8.13. The zero-order valence-electron chi connectivity index (χ0n) is 18.5. The molecule has 0 atom stereocenters. The number of ether oxygens (including phenoxy) is 1. The van der Waals surface area contributed by atoms with Gasteiger partial charge < -0.3 is 9.30 Å². The summed E-state index contributed by atoms with van der Waals surface area (Å²) in [5, 5.41) is 0.923. The summed E-state index contributed by atoms with van der Waals surface area (Å²) in [6.45, 7) is 1.99. The molecule has 33 heavy (non-hydrogen) atoms. The number of aryl methyl sites for hydroxylation is 2. The van der Waals surface area contributed by atoms with Gasteiger partial charge in [-0.2, -0.15) is 0 Å². The van der Waals surface area contributed by atoms with Crippen molar-refractivity contribution in [2.75, 3.05) is 0 Å². The van der Waals surface area contributed by atoms with Gasteiger partial charge in [0.05, 0.1) is 11.1 Å². The smallest absolute Gasteiger partial charge is 0.167 e. The van der Waals surface area contributed by atoms with Crippen molar-refractivity contribution >= 4 is 16.8 Å². The Hall–Kier alpha value is -4.25. The first kappa shape index (κ1) is 20.6. The van der Waals surface area contributed by atoms with Gasteiger partial charge in [0.2, 0.25) is 0 Å². The monoisotopic (exact) mass is 433 g/mol. The molecule has 0 aliphatic carbocycles. The van der Waals surface area contributed by atoms with Crippen LogP contribution in [0.15, 0.2) is 91.4 Å². The van der Waals surface area contributed by atoms with Crippen LogP contribution in [0.2, 0.25) is 0 Å². The Kier molecular flexibility index (Phi) is 5.45. The number of ketones is 1. The first-order valence-corrected chi connectivity index (χ1v) is 10.8. The fraction of sp³-hybridized carbons (Fsp3) is 0.107. The van der Waals surface area contributed by atoms with E-state index in [1.165, 1.54) is 0 Å². The summed E-state index contributed by atoms with van der Waals surface area (Å²) >= 11 is 0. The maximum Gasteiger partial charge on any atom is 0.167 e. The lowest BCUT2D eigenvalue weighted by Crippen LogP contribution is -2.03. The van der Waals surface area contributed by atoms with Crippen molar-refractivity contribution in [1.29, 1.82) is 0 Å². The van der Waals surface area contributed by atoms with Gasteiger partial charge in [0.25, 0.3) is 0 Å². The van der Waals surface area contributed by atoms with Gasteiger partial charge in [-0.1, -0.05) is 35.9 Å². The van der Waals surface area contributed by atoms with Crippen molar-refractivity contribution in [2.24, 2.45) is 7.05 Å². The second kappa shape index (κ2) is 8.71. The van der Waals surface area contributed by atoms with E-state index in [2.05, 4.69) is 4.98 Å². The number of benzene rings is 2. The van der Waals surface area contributed by atoms with E-state index in [-0.39, 0.29) is 5.78 Å². The molecule has 0 radical (unpaired) electrons. The molecular weight excluding hydrogens is 410 g/mol. The lowest BCUT2D eigenvalue weighted by Gasteiger charge is -2.11. The molecule has 0 saturated heterocycles. The molecule has 0 spiro atoms. The minimum absolute atomic E-state index is 0.0871. The van der Waals surface area contributed by atoms with Crippen LogP contribution in [-0.2, 0) is 13.5 Å². The second-order valence-electron chi connectivity index (χ2n) is 8.13. The molecule has 0 N–H and O–H groups in total. The summed E-state index contributed by atoms with van der Waals surface area (Å²) in [7, 11) is 1.96. The van der Waals surface area contributed by atoms with E-state index in [0.29, 0.717) is 17.9 Å². The number of carbonyl (C=O) groups is 1. The number of nitrogens with zero attached hydrogens (tertiary/aromatic N) is 3. The third-order valence-electron chi connectivity index (χ3n) is 5.59. The summed E-state index contributed by atoms with van der Waals surface area (Å²) in [6, 6.07) is 23.2. The Morgan fingerprint density at radius 1 is 1.00 bits per heavy atom. The third-order valence-corrected chi connectivity index (χ3v) is 5.59. The quantitative estimate of drug-likeness (QED) is 0.301. The minimum Gasteiger partial charge on any atom is -0.457 e. The van der Waals surface area contributed by atoms with Crippen LogP contribution in [0.25, 0.3) is 22.3 Å². The first-order valence-electron chi connectivity index (χ1n) is 10.8. The average Bonchev–Trinajstić information content (AvgIpc) is 3.21. The number of fused-ring (bicyclic) bond motifs is 1. The molecule has 0 bridgehead atoms. The Bertz CT molecular complexity index is 1460. The van der Waals surface area contributed by atoms with Crippen molar-refractivity contribution in [1.82, 2.24) is 14.5 Å². The summed E-state index contributed by atoms with van der Waals surface area (Å²) in [5.41, 5.74) is 5.25. The predicted molar refractivity (Wildman–Crippen MR) is 130 cm³/mol. The Balaban J connectivity index is 1.46. The zero-order valence-corrected chi connectivity index (χ0v) is 18.5. The zero-order chi connectivity index (χ0) is 22.8. The van der Waals surface area contributed by atoms with E-state index in [0.717, 1.165) is 39.0 Å². The van der Waals surface area contributed by atoms with Crippen LogP contribution in [-0.4, -0.2) is 20.3 Å². The molecule has 5 nitrogen and oxygen atoms in total. The fourth-order valence-electron chi connectivity index (χ4n) is 3.90. The normalized spacial score (nSPS) is 11.0. The number of hydrogen-bond acceptors (Lipinski definition) is 4. The topological polar surface area (TPSA) is 57.0 Å². The molecule has 0 aliphatic rings. The van der Waals surface area contributed by atoms with Crippen LogP contribution in [0.3, 0.4) is 0 Å². The maximum absolute atomic E-state index is 12.8. The molecule has 3 heterocycles. The van der Waals surface area contributed by atoms with Crippen LogP contribution in [0.5, 0.6) is 11.5 Å². The van der Waals surface area contributed by atoms with Crippen LogP contribution in [0.4, 0.5) is 0 Å². The first-order chi connectivity index (χ1) is 16.1. The molecule has 0 fully saturated rings. The number of aromatic nitrogens is 3. The van der Waals surface area contributed by atoms with Gasteiger partial charge >= 0.3 is 0 Å². The standard InChI is InChI=1S/C28H23N3O2/c1-19-6-3-8-21(14-19)26(32)16-20-7-4-10-23(15-20)33-27-17-25(22-9-5-12-29-18-22)30-28-24(27)11-13-31(28)2/h3-15,17-18H,16H2,1-2H3. The van der Waals surface area contributed by atoms with E-state index < -0.39 is 0 Å². The average molecular weight is 434 g/mol. The fourth-order valence-corrected chi connectivity index (χ4v) is 3.90. The molecule has 0 amide bonds. The number of rotatable bonds is 6. The van der Waals surface area contributed by atoms with E-state index in [4.69, 9.17) is 9.72 Å². The Morgan fingerprint density at radius 2 is 1.88 bits per heavy atom. The van der Waals surface area contributed by atoms with Crippen molar-refractivity contribution in [3.63, 3.8) is 0 Å². The van der Waals surface area contributed by atoms with Gasteiger partial charge in [-0.05, 0) is 48.9 Å². The van der Waals surface area contributed by atoms with Crippen molar-refractivity contribution < 1.29 is 9.53 Å². The number of carbonyl (C=O) groups excluding carboxylic acids is 1. The van der Waals surface area contributed by atoms with Gasteiger partial charge in [0.1, 0.15) is 17.1 Å². The van der Waals surface area contributed by atoms with E-state index in [9.17, 15) is 4.79 Å². The van der Waals surface area contributed by atoms with Crippen molar-refractivity contribution in [2.45, 2.75) is 13.3 Å². The van der Waals surface area contributed by atoms with Crippen LogP contribution < -0.4 is 4.74 Å². The lowest BCUT2D eigenvalue weighted by atomic mass is 10.0. The van der Waals surface area contributed by atoms with E-state index >= 15 is 0 Å². The predicted octanol–water partition coefficient (Wildman–Crippen LogP) is 6.16. The highest BCUT2D eigenvalue weighted by Gasteiger charge is 2.13. The largest absolute Gasteiger partial charge is 0.457 e. The van der Waals surface area contributed by atoms with Crippen molar-refractivity contribution in [3.8, 4) is 22.8 Å². The summed E-state index contributed by atoms with van der Waals surface area (Å²) in [4.78, 5) is 21.8. The highest BCUT2D eigenvalue weighted by Crippen LogP contribution is 2.33.